The average molecular weight is 526 g/mol. The smallest absolute Gasteiger partial charge is 0.345 e. The maximum Gasteiger partial charge on any atom is 0.345 e. The van der Waals surface area contributed by atoms with E-state index in [1.807, 2.05) is 0 Å². The quantitative estimate of drug-likeness (QED) is 0.180. The lowest BCUT2D eigenvalue weighted by atomic mass is 10.2. The first-order valence-corrected chi connectivity index (χ1v) is 11.2. The van der Waals surface area contributed by atoms with Crippen LogP contribution in [0, 0.1) is 0 Å². The first-order valence-electron chi connectivity index (χ1n) is 10.8. The number of hydrogen-bond acceptors (Lipinski definition) is 8. The van der Waals surface area contributed by atoms with Crippen LogP contribution in [0.25, 0.3) is 0 Å². The highest BCUT2D eigenvalue weighted by atomic mass is 35.5. The molecule has 11 heteroatoms. The average Bonchev–Trinajstić information content (AvgIpc) is 2.92. The molecule has 2 N–H and O–H groups in total. The number of nitrogens with zero attached hydrogens (tertiary/aromatic N) is 1. The van der Waals surface area contributed by atoms with Gasteiger partial charge in [-0.3, -0.25) is 9.59 Å². The summed E-state index contributed by atoms with van der Waals surface area (Å²) < 4.78 is 21.0. The Morgan fingerprint density at radius 3 is 2.24 bits per heavy atom. The third kappa shape index (κ3) is 7.21. The van der Waals surface area contributed by atoms with Gasteiger partial charge in [0.15, 0.2) is 23.0 Å². The molecule has 0 unspecified atom stereocenters. The van der Waals surface area contributed by atoms with Crippen LogP contribution in [0.5, 0.6) is 23.0 Å². The summed E-state index contributed by atoms with van der Waals surface area (Å²) in [5.74, 6) is -0.301. The minimum Gasteiger partial charge on any atom is -0.493 e. The molecule has 3 rings (SSSR count). The zero-order valence-electron chi connectivity index (χ0n) is 20.2. The van der Waals surface area contributed by atoms with Gasteiger partial charge in [0, 0.05) is 5.56 Å². The van der Waals surface area contributed by atoms with Crippen molar-refractivity contribution in [2.45, 2.75) is 0 Å². The second kappa shape index (κ2) is 12.9. The summed E-state index contributed by atoms with van der Waals surface area (Å²) in [6.45, 7) is -0.301. The maximum atomic E-state index is 12.4. The number of ether oxygens (including phenoxy) is 4. The SMILES string of the molecule is COc1ccc(C(=O)NCC(=O)N/N=C\c2ccc(OC(=O)c3ccccc3Cl)c(OC)c2)cc1OC. The van der Waals surface area contributed by atoms with Gasteiger partial charge in [0.05, 0.1) is 44.7 Å². The van der Waals surface area contributed by atoms with E-state index in [-0.39, 0.29) is 28.6 Å². The van der Waals surface area contributed by atoms with Crippen LogP contribution in [-0.4, -0.2) is 51.9 Å². The van der Waals surface area contributed by atoms with Crippen molar-refractivity contribution in [2.24, 2.45) is 5.10 Å². The number of methoxy groups -OCH3 is 3. The van der Waals surface area contributed by atoms with Crippen molar-refractivity contribution < 1.29 is 33.3 Å². The van der Waals surface area contributed by atoms with Crippen LogP contribution < -0.4 is 29.7 Å². The van der Waals surface area contributed by atoms with E-state index in [9.17, 15) is 14.4 Å². The van der Waals surface area contributed by atoms with Gasteiger partial charge >= 0.3 is 5.97 Å². The highest BCUT2D eigenvalue weighted by molar-refractivity contribution is 6.33. The zero-order valence-corrected chi connectivity index (χ0v) is 21.0. The molecule has 192 valence electrons. The predicted octanol–water partition coefficient (Wildman–Crippen LogP) is 3.47. The normalized spacial score (nSPS) is 10.5. The van der Waals surface area contributed by atoms with Gasteiger partial charge in [0.25, 0.3) is 11.8 Å². The molecule has 0 aliphatic rings. The molecule has 0 aromatic heterocycles. The molecule has 0 spiro atoms. The summed E-state index contributed by atoms with van der Waals surface area (Å²) in [6.07, 6.45) is 1.37. The van der Waals surface area contributed by atoms with Crippen LogP contribution in [-0.2, 0) is 4.79 Å². The number of esters is 1. The topological polar surface area (TPSA) is 125 Å². The second-order valence-electron chi connectivity index (χ2n) is 7.33. The fourth-order valence-electron chi connectivity index (χ4n) is 3.09. The Hall–Kier alpha value is -4.57. The minimum absolute atomic E-state index is 0.187. The van der Waals surface area contributed by atoms with Gasteiger partial charge in [0.2, 0.25) is 0 Å². The molecule has 0 aliphatic carbocycles. The second-order valence-corrected chi connectivity index (χ2v) is 7.73. The lowest BCUT2D eigenvalue weighted by Crippen LogP contribution is -2.34. The molecule has 0 radical (unpaired) electrons. The molecule has 0 bridgehead atoms. The standard InChI is InChI=1S/C26H24ClN3O7/c1-34-20-11-9-17(13-23(20)36-3)25(32)28-15-24(31)30-29-14-16-8-10-21(22(12-16)35-2)37-26(33)18-6-4-5-7-19(18)27/h4-14H,15H2,1-3H3,(H,28,32)(H,30,31)/b29-14-. The van der Waals surface area contributed by atoms with Crippen molar-refractivity contribution in [1.29, 1.82) is 0 Å². The van der Waals surface area contributed by atoms with Crippen LogP contribution >= 0.6 is 11.6 Å². The van der Waals surface area contributed by atoms with E-state index < -0.39 is 17.8 Å². The Labute approximate surface area is 218 Å². The molecule has 37 heavy (non-hydrogen) atoms. The van der Waals surface area contributed by atoms with Crippen molar-refractivity contribution >= 4 is 35.6 Å². The van der Waals surface area contributed by atoms with E-state index in [2.05, 4.69) is 15.8 Å². The first kappa shape index (κ1) is 27.0. The fraction of sp³-hybridized carbons (Fsp3) is 0.154. The lowest BCUT2D eigenvalue weighted by molar-refractivity contribution is -0.120. The van der Waals surface area contributed by atoms with Crippen molar-refractivity contribution in [2.75, 3.05) is 27.9 Å². The highest BCUT2D eigenvalue weighted by Crippen LogP contribution is 2.29. The number of rotatable bonds is 10. The maximum absolute atomic E-state index is 12.4. The molecule has 0 saturated carbocycles. The van der Waals surface area contributed by atoms with Crippen LogP contribution in [0.15, 0.2) is 65.8 Å². The molecule has 0 fully saturated rings. The molecule has 0 aliphatic heterocycles. The van der Waals surface area contributed by atoms with Crippen molar-refractivity contribution in [3.63, 3.8) is 0 Å². The van der Waals surface area contributed by atoms with E-state index in [1.54, 1.807) is 48.5 Å². The number of carbonyl (C=O) groups excluding carboxylic acids is 3. The number of benzene rings is 3. The minimum atomic E-state index is -0.632. The summed E-state index contributed by atoms with van der Waals surface area (Å²) in [5, 5.41) is 6.64. The van der Waals surface area contributed by atoms with Crippen molar-refractivity contribution in [3.8, 4) is 23.0 Å². The third-order valence-electron chi connectivity index (χ3n) is 4.94. The van der Waals surface area contributed by atoms with Gasteiger partial charge < -0.3 is 24.3 Å². The highest BCUT2D eigenvalue weighted by Gasteiger charge is 2.15. The summed E-state index contributed by atoms with van der Waals surface area (Å²) in [4.78, 5) is 36.8. The van der Waals surface area contributed by atoms with E-state index >= 15 is 0 Å². The molecule has 0 saturated heterocycles. The summed E-state index contributed by atoms with van der Waals surface area (Å²) in [6, 6.07) is 15.9. The Morgan fingerprint density at radius 2 is 1.54 bits per heavy atom. The van der Waals surface area contributed by atoms with E-state index in [1.165, 1.54) is 39.7 Å². The van der Waals surface area contributed by atoms with Gasteiger partial charge in [0.1, 0.15) is 0 Å². The summed E-state index contributed by atoms with van der Waals surface area (Å²) in [7, 11) is 4.37. The summed E-state index contributed by atoms with van der Waals surface area (Å²) >= 11 is 6.04. The molecular formula is C26H24ClN3O7. The van der Waals surface area contributed by atoms with Crippen molar-refractivity contribution in [1.82, 2.24) is 10.7 Å². The van der Waals surface area contributed by atoms with Gasteiger partial charge in [-0.05, 0) is 54.1 Å². The number of carbonyl (C=O) groups is 3. The number of amides is 2. The molecule has 3 aromatic carbocycles. The van der Waals surface area contributed by atoms with Gasteiger partial charge in [-0.15, -0.1) is 0 Å². The van der Waals surface area contributed by atoms with Gasteiger partial charge in [-0.2, -0.15) is 5.10 Å². The largest absolute Gasteiger partial charge is 0.493 e. The summed E-state index contributed by atoms with van der Waals surface area (Å²) in [5.41, 5.74) is 3.40. The number of halogens is 1. The van der Waals surface area contributed by atoms with E-state index in [0.717, 1.165) is 0 Å². The number of hydrazone groups is 1. The monoisotopic (exact) mass is 525 g/mol. The Kier molecular flexibility index (Phi) is 9.45. The van der Waals surface area contributed by atoms with E-state index in [4.69, 9.17) is 30.5 Å². The fourth-order valence-corrected chi connectivity index (χ4v) is 3.30. The van der Waals surface area contributed by atoms with Gasteiger partial charge in [-0.25, -0.2) is 10.2 Å². The van der Waals surface area contributed by atoms with Crippen LogP contribution in [0.3, 0.4) is 0 Å². The Morgan fingerprint density at radius 1 is 0.865 bits per heavy atom. The molecule has 0 atom stereocenters. The molecular weight excluding hydrogens is 502 g/mol. The Balaban J connectivity index is 1.55. The number of hydrogen-bond donors (Lipinski definition) is 2. The van der Waals surface area contributed by atoms with Gasteiger partial charge in [-0.1, -0.05) is 23.7 Å². The van der Waals surface area contributed by atoms with Crippen LogP contribution in [0.2, 0.25) is 5.02 Å². The Bertz CT molecular complexity index is 1330. The van der Waals surface area contributed by atoms with Crippen LogP contribution in [0.4, 0.5) is 0 Å². The van der Waals surface area contributed by atoms with E-state index in [0.29, 0.717) is 22.6 Å². The lowest BCUT2D eigenvalue weighted by Gasteiger charge is -2.10. The van der Waals surface area contributed by atoms with Crippen LogP contribution in [0.1, 0.15) is 26.3 Å². The first-order chi connectivity index (χ1) is 17.9. The number of nitrogens with one attached hydrogen (secondary N) is 2. The predicted molar refractivity (Wildman–Crippen MR) is 137 cm³/mol. The molecule has 3 aromatic rings. The van der Waals surface area contributed by atoms with Crippen molar-refractivity contribution in [3.05, 3.63) is 82.4 Å². The third-order valence-corrected chi connectivity index (χ3v) is 5.27. The molecule has 0 heterocycles. The molecule has 10 nitrogen and oxygen atoms in total. The molecule has 2 amide bonds. The zero-order chi connectivity index (χ0) is 26.8.